The number of amides is 1. The van der Waals surface area contributed by atoms with E-state index in [0.717, 1.165) is 12.8 Å². The molecule has 0 unspecified atom stereocenters. The maximum Gasteiger partial charge on any atom is 0.246 e. The van der Waals surface area contributed by atoms with E-state index < -0.39 is 30.5 Å². The molecule has 7 heteroatoms. The van der Waals surface area contributed by atoms with Gasteiger partial charge < -0.3 is 30.5 Å². The van der Waals surface area contributed by atoms with Crippen molar-refractivity contribution < 1.29 is 29.6 Å². The van der Waals surface area contributed by atoms with E-state index in [1.165, 1.54) is 6.08 Å². The van der Waals surface area contributed by atoms with Crippen LogP contribution in [0.4, 0.5) is 0 Å². The van der Waals surface area contributed by atoms with Gasteiger partial charge >= 0.3 is 0 Å². The second kappa shape index (κ2) is 9.71. The highest BCUT2D eigenvalue weighted by Crippen LogP contribution is 2.45. The Kier molecular flexibility index (Phi) is 8.04. The van der Waals surface area contributed by atoms with Gasteiger partial charge in [-0.3, -0.25) is 4.79 Å². The van der Waals surface area contributed by atoms with Crippen molar-refractivity contribution in [3.63, 3.8) is 0 Å². The van der Waals surface area contributed by atoms with Crippen LogP contribution in [-0.2, 0) is 14.3 Å². The molecule has 2 rings (SSSR count). The zero-order chi connectivity index (χ0) is 21.9. The molecule has 2 aliphatic rings. The number of rotatable bonds is 9. The van der Waals surface area contributed by atoms with Crippen molar-refractivity contribution in [1.82, 2.24) is 0 Å². The van der Waals surface area contributed by atoms with Gasteiger partial charge in [-0.25, -0.2) is 0 Å². The minimum Gasteiger partial charge on any atom is -0.392 e. The van der Waals surface area contributed by atoms with Crippen molar-refractivity contribution in [2.75, 3.05) is 6.61 Å². The van der Waals surface area contributed by atoms with Crippen molar-refractivity contribution in [2.24, 2.45) is 29.4 Å². The van der Waals surface area contributed by atoms with Gasteiger partial charge in [0.15, 0.2) is 5.79 Å². The number of allylic oxidation sites excluding steroid dienone is 2. The van der Waals surface area contributed by atoms with Crippen LogP contribution in [0.1, 0.15) is 47.5 Å². The average molecular weight is 412 g/mol. The van der Waals surface area contributed by atoms with Crippen molar-refractivity contribution >= 4 is 5.91 Å². The predicted molar refractivity (Wildman–Crippen MR) is 110 cm³/mol. The second-order valence-electron chi connectivity index (χ2n) is 8.93. The summed E-state index contributed by atoms with van der Waals surface area (Å²) in [6.45, 7) is 9.24. The van der Waals surface area contributed by atoms with Gasteiger partial charge in [0.25, 0.3) is 0 Å². The molecule has 2 bridgehead atoms. The molecule has 5 N–H and O–H groups in total. The van der Waals surface area contributed by atoms with Crippen molar-refractivity contribution in [3.05, 3.63) is 23.8 Å². The number of aliphatic hydroxyl groups excluding tert-OH is 3. The van der Waals surface area contributed by atoms with Gasteiger partial charge in [-0.05, 0) is 13.3 Å². The number of carbonyl (C=O) groups is 1. The summed E-state index contributed by atoms with van der Waals surface area (Å²) in [6, 6.07) is 0. The lowest BCUT2D eigenvalue weighted by Crippen LogP contribution is -2.52. The molecule has 2 saturated heterocycles. The van der Waals surface area contributed by atoms with Crippen LogP contribution in [0.25, 0.3) is 0 Å². The summed E-state index contributed by atoms with van der Waals surface area (Å²) < 4.78 is 12.2. The number of aliphatic hydroxyl groups is 3. The normalized spacial score (nSPS) is 35.3. The van der Waals surface area contributed by atoms with E-state index >= 15 is 0 Å². The summed E-state index contributed by atoms with van der Waals surface area (Å²) >= 11 is 0. The van der Waals surface area contributed by atoms with Crippen molar-refractivity contribution in [3.8, 4) is 0 Å². The molecule has 0 radical (unpaired) electrons. The molecule has 0 aromatic rings. The Morgan fingerprint density at radius 2 is 1.90 bits per heavy atom. The molecule has 2 heterocycles. The molecule has 166 valence electrons. The molecule has 7 nitrogen and oxygen atoms in total. The molecule has 0 aromatic heterocycles. The molecule has 0 saturated carbocycles. The number of primary amides is 1. The molecule has 0 aliphatic carbocycles. The maximum atomic E-state index is 11.1. The lowest BCUT2D eigenvalue weighted by molar-refractivity contribution is -0.309. The highest BCUT2D eigenvalue weighted by Gasteiger charge is 2.51. The summed E-state index contributed by atoms with van der Waals surface area (Å²) in [5.74, 6) is -1.90. The monoisotopic (exact) mass is 411 g/mol. The van der Waals surface area contributed by atoms with Crippen LogP contribution in [0, 0.1) is 23.7 Å². The zero-order valence-electron chi connectivity index (χ0n) is 18.1. The molecule has 29 heavy (non-hydrogen) atoms. The molecule has 2 aliphatic heterocycles. The standard InChI is InChI=1S/C22H37NO6/c1-12(7-6-8-16(11-24)21(23)27)18(25)14(3)19(26)15(4)20-13(2)17-9-10-22(5,28-17)29-20/h6-8,12-15,17-20,24-26H,9-11H2,1-5H3,(H2,23,27)/b7-6+,16-8-/t12-,13+,14+,15+,17+,18-,19+,20+,22-/m0/s1. The molecule has 0 aromatic carbocycles. The number of hydrogen-bond donors (Lipinski definition) is 4. The Morgan fingerprint density at radius 3 is 2.48 bits per heavy atom. The van der Waals surface area contributed by atoms with Crippen LogP contribution in [0.2, 0.25) is 0 Å². The van der Waals surface area contributed by atoms with Gasteiger partial charge in [-0.2, -0.15) is 0 Å². The Balaban J connectivity index is 2.00. The molecule has 0 spiro atoms. The van der Waals surface area contributed by atoms with Gasteiger partial charge in [0.1, 0.15) is 0 Å². The number of carbonyl (C=O) groups excluding carboxylic acids is 1. The molecule has 1 amide bonds. The minimum absolute atomic E-state index is 0.0958. The highest BCUT2D eigenvalue weighted by molar-refractivity contribution is 5.92. The summed E-state index contributed by atoms with van der Waals surface area (Å²) in [6.07, 6.45) is 5.05. The van der Waals surface area contributed by atoms with E-state index in [1.54, 1.807) is 12.2 Å². The number of ether oxygens (including phenoxy) is 2. The topological polar surface area (TPSA) is 122 Å². The van der Waals surface area contributed by atoms with E-state index in [0.29, 0.717) is 0 Å². The van der Waals surface area contributed by atoms with Gasteiger partial charge in [0.05, 0.1) is 31.0 Å². The Bertz CT molecular complexity index is 635. The van der Waals surface area contributed by atoms with Gasteiger partial charge in [-0.1, -0.05) is 45.9 Å². The summed E-state index contributed by atoms with van der Waals surface area (Å²) in [5.41, 5.74) is 5.25. The van der Waals surface area contributed by atoms with Gasteiger partial charge in [0.2, 0.25) is 5.91 Å². The van der Waals surface area contributed by atoms with Crippen LogP contribution in [-0.4, -0.2) is 58.0 Å². The first-order chi connectivity index (χ1) is 13.5. The first kappa shape index (κ1) is 24.0. The van der Waals surface area contributed by atoms with E-state index in [4.69, 9.17) is 20.3 Å². The first-order valence-electron chi connectivity index (χ1n) is 10.5. The highest BCUT2D eigenvalue weighted by atomic mass is 16.7. The Morgan fingerprint density at radius 1 is 1.24 bits per heavy atom. The lowest BCUT2D eigenvalue weighted by atomic mass is 9.78. The second-order valence-corrected chi connectivity index (χ2v) is 8.93. The quantitative estimate of drug-likeness (QED) is 0.337. The fourth-order valence-electron chi connectivity index (χ4n) is 4.52. The average Bonchev–Trinajstić information content (AvgIpc) is 3.02. The van der Waals surface area contributed by atoms with Crippen LogP contribution >= 0.6 is 0 Å². The summed E-state index contributed by atoms with van der Waals surface area (Å²) in [5, 5.41) is 30.8. The summed E-state index contributed by atoms with van der Waals surface area (Å²) in [7, 11) is 0. The third-order valence-corrected chi connectivity index (χ3v) is 6.65. The van der Waals surface area contributed by atoms with E-state index in [-0.39, 0.29) is 41.5 Å². The summed E-state index contributed by atoms with van der Waals surface area (Å²) in [4.78, 5) is 11.1. The fourth-order valence-corrected chi connectivity index (χ4v) is 4.52. The first-order valence-corrected chi connectivity index (χ1v) is 10.5. The number of fused-ring (bicyclic) bond motifs is 2. The molecular formula is C22H37NO6. The van der Waals surface area contributed by atoms with Gasteiger partial charge in [0, 0.05) is 35.7 Å². The minimum atomic E-state index is -0.786. The van der Waals surface area contributed by atoms with Crippen LogP contribution in [0.5, 0.6) is 0 Å². The molecule has 2 fully saturated rings. The van der Waals surface area contributed by atoms with Crippen molar-refractivity contribution in [1.29, 1.82) is 0 Å². The fraction of sp³-hybridized carbons (Fsp3) is 0.773. The zero-order valence-corrected chi connectivity index (χ0v) is 18.1. The van der Waals surface area contributed by atoms with Gasteiger partial charge in [-0.15, -0.1) is 0 Å². The predicted octanol–water partition coefficient (Wildman–Crippen LogP) is 1.51. The van der Waals surface area contributed by atoms with Crippen LogP contribution in [0.15, 0.2) is 23.8 Å². The van der Waals surface area contributed by atoms with E-state index in [9.17, 15) is 15.0 Å². The maximum absolute atomic E-state index is 11.1. The SMILES string of the molecule is C[C@H]([C@H](O)[C@H](C)[C@@H](O)[C@@H](C)/C=C/C=C(/CO)C(N)=O)[C@@H]1O[C@@]2(C)CC[C@@H](O2)[C@H]1C. The third kappa shape index (κ3) is 5.47. The molecular weight excluding hydrogens is 374 g/mol. The van der Waals surface area contributed by atoms with E-state index in [1.807, 2.05) is 27.7 Å². The van der Waals surface area contributed by atoms with E-state index in [2.05, 4.69) is 6.92 Å². The number of nitrogens with two attached hydrogens (primary N) is 1. The van der Waals surface area contributed by atoms with Crippen LogP contribution in [0.3, 0.4) is 0 Å². The van der Waals surface area contributed by atoms with Crippen molar-refractivity contribution in [2.45, 2.75) is 77.7 Å². The number of hydrogen-bond acceptors (Lipinski definition) is 6. The smallest absolute Gasteiger partial charge is 0.246 e. The molecule has 9 atom stereocenters. The Labute approximate surface area is 173 Å². The Hall–Kier alpha value is -1.25. The third-order valence-electron chi connectivity index (χ3n) is 6.65. The lowest BCUT2D eigenvalue weighted by Gasteiger charge is -2.45. The van der Waals surface area contributed by atoms with Crippen LogP contribution < -0.4 is 5.73 Å². The largest absolute Gasteiger partial charge is 0.392 e.